The van der Waals surface area contributed by atoms with Crippen LogP contribution in [0.4, 0.5) is 5.69 Å². The number of anilines is 1. The second-order valence-corrected chi connectivity index (χ2v) is 6.69. The Kier molecular flexibility index (Phi) is 16.0. The van der Waals surface area contributed by atoms with E-state index in [9.17, 15) is 4.79 Å². The zero-order valence-electron chi connectivity index (χ0n) is 17.8. The third-order valence-corrected chi connectivity index (χ3v) is 4.25. The Balaban J connectivity index is 0.00000125. The molecule has 1 aromatic carbocycles. The molecule has 7 heteroatoms. The molecule has 0 saturated carbocycles. The minimum Gasteiger partial charge on any atom is -0.386 e. The Hall–Kier alpha value is -2.46. The van der Waals surface area contributed by atoms with Gasteiger partial charge in [-0.25, -0.2) is 4.98 Å². The molecular weight excluding hydrogens is 400 g/mol. The molecule has 0 saturated heterocycles. The molecule has 0 fully saturated rings. The first kappa shape index (κ1) is 27.5. The molecule has 1 heterocycles. The molecule has 0 bridgehead atoms. The summed E-state index contributed by atoms with van der Waals surface area (Å²) in [5, 5.41) is 20.3. The fraction of sp³-hybridized carbons (Fsp3) is 0.435. The van der Waals surface area contributed by atoms with E-state index in [1.165, 1.54) is 19.0 Å². The Morgan fingerprint density at radius 3 is 2.47 bits per heavy atom. The number of nitrogens with one attached hydrogen (secondary N) is 1. The maximum absolute atomic E-state index is 9.25. The molecule has 2 N–H and O–H groups in total. The molecule has 1 unspecified atom stereocenters. The number of carbonyl (C=O) groups excluding carboxylic acids is 1. The predicted molar refractivity (Wildman–Crippen MR) is 124 cm³/mol. The van der Waals surface area contributed by atoms with Gasteiger partial charge in [-0.05, 0) is 57.1 Å². The average molecular weight is 433 g/mol. The summed E-state index contributed by atoms with van der Waals surface area (Å²) in [7, 11) is 0. The van der Waals surface area contributed by atoms with Gasteiger partial charge in [-0.2, -0.15) is 5.26 Å². The quantitative estimate of drug-likeness (QED) is 0.415. The summed E-state index contributed by atoms with van der Waals surface area (Å²) in [4.78, 5) is 16.0. The Labute approximate surface area is 186 Å². The standard InChI is InChI=1S/C20H26N4.C3H6O2.ClH/c1-2-24(16-13-19-11-8-12-20(17-21)23-19)15-7-6-14-22-18-9-4-3-5-10-18;1-3(5)2-4;/h3-5,8-12,22H,2,6-7,13-16H2,1H3;2-3,5H,1H3;1H. The van der Waals surface area contributed by atoms with E-state index in [-0.39, 0.29) is 12.4 Å². The van der Waals surface area contributed by atoms with Crippen LogP contribution < -0.4 is 5.32 Å². The summed E-state index contributed by atoms with van der Waals surface area (Å²) in [6.07, 6.45) is 2.91. The number of benzene rings is 1. The van der Waals surface area contributed by atoms with E-state index >= 15 is 0 Å². The van der Waals surface area contributed by atoms with Crippen LogP contribution in [0.1, 0.15) is 38.1 Å². The number of aldehydes is 1. The number of halogens is 1. The first-order valence-corrected chi connectivity index (χ1v) is 10.1. The third-order valence-electron chi connectivity index (χ3n) is 4.25. The average Bonchev–Trinajstić information content (AvgIpc) is 2.76. The number of pyridine rings is 1. The van der Waals surface area contributed by atoms with Crippen molar-refractivity contribution in [3.63, 3.8) is 0 Å². The van der Waals surface area contributed by atoms with E-state index in [2.05, 4.69) is 52.5 Å². The molecule has 30 heavy (non-hydrogen) atoms. The lowest BCUT2D eigenvalue weighted by atomic mass is 10.2. The van der Waals surface area contributed by atoms with Crippen LogP contribution in [0.15, 0.2) is 48.5 Å². The lowest BCUT2D eigenvalue weighted by molar-refractivity contribution is -0.114. The summed E-state index contributed by atoms with van der Waals surface area (Å²) in [6.45, 7) is 7.75. The maximum atomic E-state index is 9.25. The maximum Gasteiger partial charge on any atom is 0.148 e. The van der Waals surface area contributed by atoms with Gasteiger partial charge >= 0.3 is 0 Å². The number of rotatable bonds is 11. The van der Waals surface area contributed by atoms with Crippen molar-refractivity contribution in [2.45, 2.75) is 39.2 Å². The zero-order valence-corrected chi connectivity index (χ0v) is 18.6. The van der Waals surface area contributed by atoms with E-state index in [1.807, 2.05) is 18.2 Å². The molecule has 0 spiro atoms. The third kappa shape index (κ3) is 12.9. The molecule has 2 aromatic rings. The number of nitrogens with zero attached hydrogens (tertiary/aromatic N) is 3. The van der Waals surface area contributed by atoms with Crippen molar-refractivity contribution in [1.82, 2.24) is 9.88 Å². The SMILES string of the molecule is CC(O)C=O.CCN(CCCCNc1ccccc1)CCc1cccc(C#N)n1.Cl. The Morgan fingerprint density at radius 1 is 1.17 bits per heavy atom. The monoisotopic (exact) mass is 432 g/mol. The topological polar surface area (TPSA) is 89.2 Å². The van der Waals surface area contributed by atoms with Gasteiger partial charge in [0.05, 0.1) is 0 Å². The number of aliphatic hydroxyl groups excluding tert-OH is 1. The highest BCUT2D eigenvalue weighted by Crippen LogP contribution is 2.06. The normalized spacial score (nSPS) is 10.8. The van der Waals surface area contributed by atoms with Crippen LogP contribution >= 0.6 is 12.4 Å². The number of hydrogen-bond donors (Lipinski definition) is 2. The first-order valence-electron chi connectivity index (χ1n) is 10.1. The number of likely N-dealkylation sites (N-methyl/N-ethyl adjacent to an activating group) is 1. The molecule has 0 aliphatic rings. The van der Waals surface area contributed by atoms with Gasteiger partial charge in [0.25, 0.3) is 0 Å². The van der Waals surface area contributed by atoms with Crippen molar-refractivity contribution >= 4 is 24.4 Å². The van der Waals surface area contributed by atoms with Gasteiger partial charge in [0.2, 0.25) is 0 Å². The van der Waals surface area contributed by atoms with Gasteiger partial charge in [-0.3, -0.25) is 0 Å². The fourth-order valence-corrected chi connectivity index (χ4v) is 2.63. The number of aromatic nitrogens is 1. The number of unbranched alkanes of at least 4 members (excludes halogenated alkanes) is 1. The largest absolute Gasteiger partial charge is 0.386 e. The summed E-state index contributed by atoms with van der Waals surface area (Å²) < 4.78 is 0. The second-order valence-electron chi connectivity index (χ2n) is 6.69. The van der Waals surface area contributed by atoms with Crippen LogP contribution in [0, 0.1) is 11.3 Å². The van der Waals surface area contributed by atoms with E-state index in [0.717, 1.165) is 44.7 Å². The van der Waals surface area contributed by atoms with Crippen LogP contribution in [-0.2, 0) is 11.2 Å². The minimum absolute atomic E-state index is 0. The molecule has 0 radical (unpaired) electrons. The summed E-state index contributed by atoms with van der Waals surface area (Å²) in [6, 6.07) is 18.1. The lowest BCUT2D eigenvalue weighted by Gasteiger charge is -2.20. The van der Waals surface area contributed by atoms with Gasteiger partial charge in [-0.15, -0.1) is 12.4 Å². The van der Waals surface area contributed by atoms with Crippen LogP contribution in [0.3, 0.4) is 0 Å². The van der Waals surface area contributed by atoms with Gasteiger partial charge in [0, 0.05) is 30.9 Å². The highest BCUT2D eigenvalue weighted by atomic mass is 35.5. The molecular formula is C23H33ClN4O2. The van der Waals surface area contributed by atoms with Crippen molar-refractivity contribution in [2.24, 2.45) is 0 Å². The van der Waals surface area contributed by atoms with Crippen LogP contribution in [-0.4, -0.2) is 53.6 Å². The van der Waals surface area contributed by atoms with Gasteiger partial charge in [-0.1, -0.05) is 31.2 Å². The van der Waals surface area contributed by atoms with Gasteiger partial charge in [0.15, 0.2) is 0 Å². The van der Waals surface area contributed by atoms with Crippen molar-refractivity contribution in [1.29, 1.82) is 5.26 Å². The molecule has 164 valence electrons. The molecule has 0 aliphatic heterocycles. The minimum atomic E-state index is -0.796. The van der Waals surface area contributed by atoms with Gasteiger partial charge in [0.1, 0.15) is 24.2 Å². The van der Waals surface area contributed by atoms with E-state index in [4.69, 9.17) is 10.4 Å². The summed E-state index contributed by atoms with van der Waals surface area (Å²) in [5.41, 5.74) is 2.69. The Morgan fingerprint density at radius 2 is 1.87 bits per heavy atom. The van der Waals surface area contributed by atoms with Crippen molar-refractivity contribution in [3.05, 3.63) is 59.9 Å². The first-order chi connectivity index (χ1) is 14.1. The zero-order chi connectivity index (χ0) is 21.3. The summed E-state index contributed by atoms with van der Waals surface area (Å²) >= 11 is 0. The van der Waals surface area contributed by atoms with E-state index in [1.54, 1.807) is 6.07 Å². The predicted octanol–water partition coefficient (Wildman–Crippen LogP) is 3.70. The number of nitriles is 1. The van der Waals surface area contributed by atoms with Crippen molar-refractivity contribution in [3.8, 4) is 6.07 Å². The number of hydrogen-bond acceptors (Lipinski definition) is 6. The van der Waals surface area contributed by atoms with Crippen molar-refractivity contribution in [2.75, 3.05) is 31.5 Å². The lowest BCUT2D eigenvalue weighted by Crippen LogP contribution is -2.27. The van der Waals surface area contributed by atoms with E-state index in [0.29, 0.717) is 12.0 Å². The van der Waals surface area contributed by atoms with Crippen LogP contribution in [0.25, 0.3) is 0 Å². The molecule has 1 atom stereocenters. The molecule has 6 nitrogen and oxygen atoms in total. The molecule has 2 rings (SSSR count). The fourth-order valence-electron chi connectivity index (χ4n) is 2.63. The highest BCUT2D eigenvalue weighted by Gasteiger charge is 2.04. The smallest absolute Gasteiger partial charge is 0.148 e. The number of carbonyl (C=O) groups is 1. The summed E-state index contributed by atoms with van der Waals surface area (Å²) in [5.74, 6) is 0. The van der Waals surface area contributed by atoms with Crippen LogP contribution in [0.5, 0.6) is 0 Å². The number of para-hydroxylation sites is 1. The van der Waals surface area contributed by atoms with E-state index < -0.39 is 6.10 Å². The van der Waals surface area contributed by atoms with Crippen molar-refractivity contribution < 1.29 is 9.90 Å². The highest BCUT2D eigenvalue weighted by molar-refractivity contribution is 5.85. The van der Waals surface area contributed by atoms with Gasteiger partial charge < -0.3 is 20.1 Å². The molecule has 0 amide bonds. The Bertz CT molecular complexity index is 735. The molecule has 0 aliphatic carbocycles. The second kappa shape index (κ2) is 17.4. The molecule has 1 aromatic heterocycles. The van der Waals surface area contributed by atoms with Crippen LogP contribution in [0.2, 0.25) is 0 Å². The number of aliphatic hydroxyl groups is 1.